The van der Waals surface area contributed by atoms with Crippen LogP contribution >= 0.6 is 0 Å². The lowest BCUT2D eigenvalue weighted by atomic mass is 10.1. The Morgan fingerprint density at radius 3 is 2.30 bits per heavy atom. The fraction of sp³-hybridized carbons (Fsp3) is 0.200. The number of carbonyl (C=O) groups is 2. The SMILES string of the molecule is CC(=O)c1cn(S(=O)(=O)c2ccccc2)c2ccc(C(=O)OC(C)C)cc12. The van der Waals surface area contributed by atoms with Crippen LogP contribution in [0.25, 0.3) is 10.9 Å². The molecule has 0 fully saturated rings. The van der Waals surface area contributed by atoms with E-state index in [1.165, 1.54) is 43.5 Å². The van der Waals surface area contributed by atoms with Crippen molar-refractivity contribution in [3.8, 4) is 0 Å². The van der Waals surface area contributed by atoms with E-state index < -0.39 is 16.0 Å². The Balaban J connectivity index is 2.22. The Morgan fingerprint density at radius 2 is 1.70 bits per heavy atom. The first-order chi connectivity index (χ1) is 12.7. The highest BCUT2D eigenvalue weighted by atomic mass is 32.2. The van der Waals surface area contributed by atoms with Crippen LogP contribution in [0.5, 0.6) is 0 Å². The molecule has 0 atom stereocenters. The molecule has 0 spiro atoms. The maximum atomic E-state index is 13.0. The zero-order valence-corrected chi connectivity index (χ0v) is 16.0. The van der Waals surface area contributed by atoms with Crippen molar-refractivity contribution in [1.29, 1.82) is 0 Å². The van der Waals surface area contributed by atoms with Gasteiger partial charge in [-0.05, 0) is 51.1 Å². The summed E-state index contributed by atoms with van der Waals surface area (Å²) in [5.74, 6) is -0.823. The number of hydrogen-bond donors (Lipinski definition) is 0. The third-order valence-electron chi connectivity index (χ3n) is 4.03. The number of hydrogen-bond acceptors (Lipinski definition) is 5. The monoisotopic (exact) mass is 385 g/mol. The number of benzene rings is 2. The average Bonchev–Trinajstić information content (AvgIpc) is 3.01. The number of Topliss-reactive ketones (excluding diaryl/α,β-unsaturated/α-hetero) is 1. The summed E-state index contributed by atoms with van der Waals surface area (Å²) in [6, 6.07) is 12.5. The van der Waals surface area contributed by atoms with Crippen molar-refractivity contribution in [3.05, 3.63) is 65.9 Å². The first-order valence-electron chi connectivity index (χ1n) is 8.39. The number of carbonyl (C=O) groups excluding carboxylic acids is 2. The topological polar surface area (TPSA) is 82.4 Å². The number of aromatic nitrogens is 1. The molecule has 0 aliphatic heterocycles. The van der Waals surface area contributed by atoms with Crippen LogP contribution in [0.2, 0.25) is 0 Å². The van der Waals surface area contributed by atoms with Crippen LogP contribution in [0.3, 0.4) is 0 Å². The fourth-order valence-electron chi connectivity index (χ4n) is 2.79. The van der Waals surface area contributed by atoms with Gasteiger partial charge in [-0.2, -0.15) is 0 Å². The van der Waals surface area contributed by atoms with Gasteiger partial charge in [0.25, 0.3) is 10.0 Å². The highest BCUT2D eigenvalue weighted by Gasteiger charge is 2.23. The highest BCUT2D eigenvalue weighted by Crippen LogP contribution is 2.28. The molecule has 27 heavy (non-hydrogen) atoms. The minimum absolute atomic E-state index is 0.111. The van der Waals surface area contributed by atoms with E-state index in [9.17, 15) is 18.0 Å². The number of ketones is 1. The molecular formula is C20H19NO5S. The molecule has 0 aliphatic carbocycles. The van der Waals surface area contributed by atoms with Gasteiger partial charge in [-0.15, -0.1) is 0 Å². The third kappa shape index (κ3) is 3.50. The van der Waals surface area contributed by atoms with Crippen molar-refractivity contribution in [1.82, 2.24) is 3.97 Å². The van der Waals surface area contributed by atoms with Crippen LogP contribution in [0.1, 0.15) is 41.5 Å². The normalized spacial score (nSPS) is 11.7. The third-order valence-corrected chi connectivity index (χ3v) is 5.72. The molecule has 0 saturated carbocycles. The maximum Gasteiger partial charge on any atom is 0.338 e. The Kier molecular flexibility index (Phi) is 4.89. The molecule has 1 aromatic heterocycles. The lowest BCUT2D eigenvalue weighted by Gasteiger charge is -2.09. The van der Waals surface area contributed by atoms with Crippen molar-refractivity contribution >= 4 is 32.7 Å². The summed E-state index contributed by atoms with van der Waals surface area (Å²) >= 11 is 0. The average molecular weight is 385 g/mol. The van der Waals surface area contributed by atoms with E-state index >= 15 is 0 Å². The lowest BCUT2D eigenvalue weighted by molar-refractivity contribution is 0.0378. The summed E-state index contributed by atoms with van der Waals surface area (Å²) < 4.78 is 32.3. The molecule has 0 saturated heterocycles. The summed E-state index contributed by atoms with van der Waals surface area (Å²) in [4.78, 5) is 24.4. The van der Waals surface area contributed by atoms with Crippen LogP contribution in [0.4, 0.5) is 0 Å². The molecule has 3 rings (SSSR count). The summed E-state index contributed by atoms with van der Waals surface area (Å²) in [5, 5.41) is 0.389. The lowest BCUT2D eigenvalue weighted by Crippen LogP contribution is -2.12. The molecule has 0 amide bonds. The van der Waals surface area contributed by atoms with E-state index in [0.717, 1.165) is 3.97 Å². The molecule has 0 unspecified atom stereocenters. The molecule has 2 aromatic carbocycles. The van der Waals surface area contributed by atoms with Crippen molar-refractivity contribution in [2.45, 2.75) is 31.8 Å². The van der Waals surface area contributed by atoms with Crippen molar-refractivity contribution in [2.75, 3.05) is 0 Å². The second-order valence-electron chi connectivity index (χ2n) is 6.40. The van der Waals surface area contributed by atoms with Gasteiger partial charge in [-0.1, -0.05) is 18.2 Å². The van der Waals surface area contributed by atoms with Gasteiger partial charge >= 0.3 is 5.97 Å². The fourth-order valence-corrected chi connectivity index (χ4v) is 4.19. The number of rotatable bonds is 5. The van der Waals surface area contributed by atoms with Gasteiger partial charge in [0.05, 0.1) is 22.1 Å². The first kappa shape index (κ1) is 18.8. The van der Waals surface area contributed by atoms with E-state index in [1.807, 2.05) is 0 Å². The predicted molar refractivity (Wildman–Crippen MR) is 102 cm³/mol. The Labute approximate surface area is 157 Å². The molecule has 6 nitrogen and oxygen atoms in total. The molecule has 0 aliphatic rings. The Hall–Kier alpha value is -2.93. The molecule has 7 heteroatoms. The zero-order chi connectivity index (χ0) is 19.8. The van der Waals surface area contributed by atoms with Crippen LogP contribution in [-0.4, -0.2) is 30.2 Å². The summed E-state index contributed by atoms with van der Waals surface area (Å²) in [6.07, 6.45) is 1.01. The van der Waals surface area contributed by atoms with Gasteiger partial charge < -0.3 is 4.74 Å². The Bertz CT molecular complexity index is 1130. The predicted octanol–water partition coefficient (Wildman–Crippen LogP) is 3.65. The Morgan fingerprint density at radius 1 is 1.04 bits per heavy atom. The number of nitrogens with zero attached hydrogens (tertiary/aromatic N) is 1. The summed E-state index contributed by atoms with van der Waals surface area (Å²) in [5.41, 5.74) is 0.808. The van der Waals surface area contributed by atoms with Crippen molar-refractivity contribution in [3.63, 3.8) is 0 Å². The van der Waals surface area contributed by atoms with Gasteiger partial charge in [0.1, 0.15) is 0 Å². The number of esters is 1. The molecule has 1 heterocycles. The minimum Gasteiger partial charge on any atom is -0.459 e. The number of ether oxygens (including phenoxy) is 1. The van der Waals surface area contributed by atoms with Gasteiger partial charge in [-0.3, -0.25) is 4.79 Å². The second-order valence-corrected chi connectivity index (χ2v) is 8.21. The molecule has 0 N–H and O–H groups in total. The van der Waals surface area contributed by atoms with E-state index in [2.05, 4.69) is 0 Å². The molecule has 0 radical (unpaired) electrons. The summed E-state index contributed by atoms with van der Waals surface area (Å²) in [6.45, 7) is 4.83. The molecule has 3 aromatic rings. The molecular weight excluding hydrogens is 366 g/mol. The quantitative estimate of drug-likeness (QED) is 0.495. The zero-order valence-electron chi connectivity index (χ0n) is 15.2. The second kappa shape index (κ2) is 7.00. The first-order valence-corrected chi connectivity index (χ1v) is 9.83. The van der Waals surface area contributed by atoms with Crippen LogP contribution in [0, 0.1) is 0 Å². The van der Waals surface area contributed by atoms with E-state index in [0.29, 0.717) is 10.9 Å². The van der Waals surface area contributed by atoms with E-state index in [-0.39, 0.29) is 27.9 Å². The standard InChI is InChI=1S/C20H19NO5S/c1-13(2)26-20(23)15-9-10-19-17(11-15)18(14(3)22)12-21(19)27(24,25)16-7-5-4-6-8-16/h4-13H,1-3H3. The van der Waals surface area contributed by atoms with Gasteiger partial charge in [0.15, 0.2) is 5.78 Å². The van der Waals surface area contributed by atoms with Gasteiger partial charge in [-0.25, -0.2) is 17.2 Å². The van der Waals surface area contributed by atoms with Crippen LogP contribution in [-0.2, 0) is 14.8 Å². The molecule has 0 bridgehead atoms. The van der Waals surface area contributed by atoms with Crippen LogP contribution < -0.4 is 0 Å². The van der Waals surface area contributed by atoms with Crippen LogP contribution in [0.15, 0.2) is 59.6 Å². The van der Waals surface area contributed by atoms with E-state index in [4.69, 9.17) is 4.74 Å². The van der Waals surface area contributed by atoms with Gasteiger partial charge in [0.2, 0.25) is 0 Å². The molecule has 140 valence electrons. The van der Waals surface area contributed by atoms with Crippen molar-refractivity contribution in [2.24, 2.45) is 0 Å². The maximum absolute atomic E-state index is 13.0. The van der Waals surface area contributed by atoms with Gasteiger partial charge in [0, 0.05) is 17.1 Å². The van der Waals surface area contributed by atoms with Crippen molar-refractivity contribution < 1.29 is 22.7 Å². The van der Waals surface area contributed by atoms with E-state index in [1.54, 1.807) is 32.0 Å². The summed E-state index contributed by atoms with van der Waals surface area (Å²) in [7, 11) is -3.88. The largest absolute Gasteiger partial charge is 0.459 e. The minimum atomic E-state index is -3.88. The highest BCUT2D eigenvalue weighted by molar-refractivity contribution is 7.90. The number of fused-ring (bicyclic) bond motifs is 1. The smallest absolute Gasteiger partial charge is 0.338 e.